The van der Waals surface area contributed by atoms with Crippen LogP contribution in [0.5, 0.6) is 17.2 Å². The fourth-order valence-corrected chi connectivity index (χ4v) is 3.04. The molecule has 1 aromatic heterocycles. The molecule has 0 spiro atoms. The molecule has 2 N–H and O–H groups in total. The Morgan fingerprint density at radius 3 is 2.46 bits per heavy atom. The Balaban J connectivity index is 2.13. The van der Waals surface area contributed by atoms with Gasteiger partial charge in [-0.15, -0.1) is 0 Å². The van der Waals surface area contributed by atoms with E-state index in [0.717, 1.165) is 16.9 Å². The van der Waals surface area contributed by atoms with Gasteiger partial charge in [-0.05, 0) is 31.5 Å². The standard InChI is InChI=1S/C17H21N3O4/c1-9(2)20-17-12(8-18-20)11(7-15(21)19-17)10-5-13(23-3)16(22)14(6-10)24-4/h5-6,8-9,11,22H,7H2,1-4H3,(H,19,21)/t11-/m1/s1. The Bertz CT molecular complexity index is 757. The van der Waals surface area contributed by atoms with Crippen molar-refractivity contribution < 1.29 is 19.4 Å². The number of hydrogen-bond donors (Lipinski definition) is 2. The summed E-state index contributed by atoms with van der Waals surface area (Å²) in [6.45, 7) is 4.02. The lowest BCUT2D eigenvalue weighted by atomic mass is 9.87. The SMILES string of the molecule is COc1cc([C@H]2CC(=O)Nc3c2cnn3C(C)C)cc(OC)c1O. The molecule has 0 saturated carbocycles. The molecule has 0 radical (unpaired) electrons. The third-order valence-corrected chi connectivity index (χ3v) is 4.24. The number of hydrogen-bond acceptors (Lipinski definition) is 5. The summed E-state index contributed by atoms with van der Waals surface area (Å²) >= 11 is 0. The van der Waals surface area contributed by atoms with Crippen molar-refractivity contribution in [3.8, 4) is 17.2 Å². The van der Waals surface area contributed by atoms with Crippen LogP contribution in [0.1, 0.15) is 43.4 Å². The minimum Gasteiger partial charge on any atom is -0.502 e. The molecule has 2 heterocycles. The van der Waals surface area contributed by atoms with Crippen LogP contribution < -0.4 is 14.8 Å². The first-order valence-electron chi connectivity index (χ1n) is 7.78. The van der Waals surface area contributed by atoms with Gasteiger partial charge in [0.05, 0.1) is 20.4 Å². The number of aromatic hydroxyl groups is 1. The van der Waals surface area contributed by atoms with Gasteiger partial charge < -0.3 is 19.9 Å². The number of benzene rings is 1. The summed E-state index contributed by atoms with van der Waals surface area (Å²) in [5.74, 6) is 1.05. The third kappa shape index (κ3) is 2.55. The highest BCUT2D eigenvalue weighted by Gasteiger charge is 2.31. The molecule has 1 amide bonds. The number of aromatic nitrogens is 2. The van der Waals surface area contributed by atoms with Crippen LogP contribution in [0.2, 0.25) is 0 Å². The van der Waals surface area contributed by atoms with Crippen molar-refractivity contribution in [1.82, 2.24) is 9.78 Å². The average molecular weight is 331 g/mol. The summed E-state index contributed by atoms with van der Waals surface area (Å²) in [5.41, 5.74) is 1.78. The third-order valence-electron chi connectivity index (χ3n) is 4.24. The Morgan fingerprint density at radius 2 is 1.92 bits per heavy atom. The van der Waals surface area contributed by atoms with Gasteiger partial charge in [0.1, 0.15) is 5.82 Å². The van der Waals surface area contributed by atoms with Gasteiger partial charge in [-0.1, -0.05) is 0 Å². The van der Waals surface area contributed by atoms with Crippen LogP contribution in [0.3, 0.4) is 0 Å². The number of carbonyl (C=O) groups is 1. The van der Waals surface area contributed by atoms with E-state index in [2.05, 4.69) is 10.4 Å². The zero-order valence-corrected chi connectivity index (χ0v) is 14.2. The first-order valence-corrected chi connectivity index (χ1v) is 7.78. The van der Waals surface area contributed by atoms with Gasteiger partial charge >= 0.3 is 0 Å². The fourth-order valence-electron chi connectivity index (χ4n) is 3.04. The van der Waals surface area contributed by atoms with Crippen LogP contribution in [-0.2, 0) is 4.79 Å². The summed E-state index contributed by atoms with van der Waals surface area (Å²) in [6.07, 6.45) is 2.08. The van der Waals surface area contributed by atoms with E-state index < -0.39 is 0 Å². The minimum absolute atomic E-state index is 0.0536. The molecule has 7 heteroatoms. The maximum absolute atomic E-state index is 12.2. The van der Waals surface area contributed by atoms with E-state index in [1.807, 2.05) is 13.8 Å². The van der Waals surface area contributed by atoms with Crippen molar-refractivity contribution in [2.45, 2.75) is 32.2 Å². The Labute approximate surface area is 140 Å². The second-order valence-corrected chi connectivity index (χ2v) is 6.07. The number of amides is 1. The van der Waals surface area contributed by atoms with Crippen molar-refractivity contribution in [2.24, 2.45) is 0 Å². The first kappa shape index (κ1) is 16.2. The molecule has 128 valence electrons. The monoisotopic (exact) mass is 331 g/mol. The summed E-state index contributed by atoms with van der Waals surface area (Å²) in [7, 11) is 2.96. The molecule has 1 aromatic carbocycles. The zero-order valence-electron chi connectivity index (χ0n) is 14.2. The highest BCUT2D eigenvalue weighted by atomic mass is 16.5. The molecule has 7 nitrogen and oxygen atoms in total. The predicted molar refractivity (Wildman–Crippen MR) is 88.9 cm³/mol. The molecular weight excluding hydrogens is 310 g/mol. The number of fused-ring (bicyclic) bond motifs is 1. The lowest BCUT2D eigenvalue weighted by Crippen LogP contribution is -2.25. The summed E-state index contributed by atoms with van der Waals surface area (Å²) in [4.78, 5) is 12.2. The van der Waals surface area contributed by atoms with Crippen molar-refractivity contribution in [3.05, 3.63) is 29.5 Å². The van der Waals surface area contributed by atoms with Gasteiger partial charge in [-0.25, -0.2) is 4.68 Å². The van der Waals surface area contributed by atoms with Gasteiger partial charge in [0.25, 0.3) is 0 Å². The Hall–Kier alpha value is -2.70. The number of anilines is 1. The van der Waals surface area contributed by atoms with Crippen molar-refractivity contribution in [2.75, 3.05) is 19.5 Å². The van der Waals surface area contributed by atoms with E-state index in [0.29, 0.717) is 17.9 Å². The maximum atomic E-state index is 12.2. The van der Waals surface area contributed by atoms with E-state index in [1.165, 1.54) is 14.2 Å². The molecule has 0 saturated heterocycles. The van der Waals surface area contributed by atoms with E-state index >= 15 is 0 Å². The number of nitrogens with one attached hydrogen (secondary N) is 1. The topological polar surface area (TPSA) is 85.6 Å². The molecule has 3 rings (SSSR count). The van der Waals surface area contributed by atoms with Crippen molar-refractivity contribution >= 4 is 11.7 Å². The second kappa shape index (κ2) is 6.07. The number of nitrogens with zero attached hydrogens (tertiary/aromatic N) is 2. The lowest BCUT2D eigenvalue weighted by molar-refractivity contribution is -0.116. The lowest BCUT2D eigenvalue weighted by Gasteiger charge is -2.25. The van der Waals surface area contributed by atoms with E-state index in [9.17, 15) is 9.90 Å². The van der Waals surface area contributed by atoms with Gasteiger partial charge in [0.2, 0.25) is 11.7 Å². The highest BCUT2D eigenvalue weighted by molar-refractivity contribution is 5.94. The van der Waals surface area contributed by atoms with E-state index in [4.69, 9.17) is 9.47 Å². The number of methoxy groups -OCH3 is 2. The van der Waals surface area contributed by atoms with Crippen LogP contribution in [0, 0.1) is 0 Å². The predicted octanol–water partition coefficient (Wildman–Crippen LogP) is 2.66. The zero-order chi connectivity index (χ0) is 17.4. The molecule has 2 aromatic rings. The fraction of sp³-hybridized carbons (Fsp3) is 0.412. The van der Waals surface area contributed by atoms with Crippen molar-refractivity contribution in [3.63, 3.8) is 0 Å². The smallest absolute Gasteiger partial charge is 0.226 e. The summed E-state index contributed by atoms with van der Waals surface area (Å²) in [5, 5.41) is 17.4. The van der Waals surface area contributed by atoms with Crippen LogP contribution in [-0.4, -0.2) is 35.0 Å². The molecule has 0 fully saturated rings. The Morgan fingerprint density at radius 1 is 1.29 bits per heavy atom. The largest absolute Gasteiger partial charge is 0.502 e. The van der Waals surface area contributed by atoms with Crippen LogP contribution in [0.4, 0.5) is 5.82 Å². The molecular formula is C17H21N3O4. The molecule has 24 heavy (non-hydrogen) atoms. The second-order valence-electron chi connectivity index (χ2n) is 6.07. The molecule has 0 aliphatic carbocycles. The number of carbonyl (C=O) groups excluding carboxylic acids is 1. The van der Waals surface area contributed by atoms with E-state index in [1.54, 1.807) is 23.0 Å². The number of ether oxygens (including phenoxy) is 2. The first-order chi connectivity index (χ1) is 11.5. The molecule has 0 bridgehead atoms. The van der Waals surface area contributed by atoms with Gasteiger partial charge in [-0.3, -0.25) is 4.79 Å². The number of phenolic OH excluding ortho intramolecular Hbond substituents is 1. The summed E-state index contributed by atoms with van der Waals surface area (Å²) in [6, 6.07) is 3.60. The van der Waals surface area contributed by atoms with Crippen molar-refractivity contribution in [1.29, 1.82) is 0 Å². The van der Waals surface area contributed by atoms with Gasteiger partial charge in [-0.2, -0.15) is 5.10 Å². The molecule has 0 unspecified atom stereocenters. The van der Waals surface area contributed by atoms with Crippen LogP contribution in [0.15, 0.2) is 18.3 Å². The van der Waals surface area contributed by atoms with Crippen LogP contribution in [0.25, 0.3) is 0 Å². The Kier molecular flexibility index (Phi) is 4.09. The summed E-state index contributed by atoms with van der Waals surface area (Å²) < 4.78 is 12.3. The highest BCUT2D eigenvalue weighted by Crippen LogP contribution is 2.44. The molecule has 1 atom stereocenters. The number of phenols is 1. The average Bonchev–Trinajstić information content (AvgIpc) is 2.98. The molecule has 1 aliphatic rings. The maximum Gasteiger partial charge on any atom is 0.226 e. The van der Waals surface area contributed by atoms with E-state index in [-0.39, 0.29) is 23.6 Å². The quantitative estimate of drug-likeness (QED) is 0.899. The number of rotatable bonds is 4. The molecule has 1 aliphatic heterocycles. The van der Waals surface area contributed by atoms with Crippen LogP contribution >= 0.6 is 0 Å². The van der Waals surface area contributed by atoms with Gasteiger partial charge in [0.15, 0.2) is 11.5 Å². The normalized spacial score (nSPS) is 16.7. The minimum atomic E-state index is -0.176. The van der Waals surface area contributed by atoms with Gasteiger partial charge in [0, 0.05) is 23.9 Å².